The van der Waals surface area contributed by atoms with Gasteiger partial charge in [-0.3, -0.25) is 24.1 Å². The Labute approximate surface area is 231 Å². The molecule has 0 unspecified atom stereocenters. The Bertz CT molecular complexity index is 1280. The molecule has 2 bridgehead atoms. The molecular weight excluding hydrogens is 526 g/mol. The lowest BCUT2D eigenvalue weighted by atomic mass is 9.50. The first-order valence-corrected chi connectivity index (χ1v) is 12.6. The summed E-state index contributed by atoms with van der Waals surface area (Å²) >= 11 is 0. The maximum atomic E-state index is 13.2. The van der Waals surface area contributed by atoms with Crippen LogP contribution in [0.5, 0.6) is 11.5 Å². The highest BCUT2D eigenvalue weighted by Gasteiger charge is 2.74. The van der Waals surface area contributed by atoms with Gasteiger partial charge in [-0.25, -0.2) is 0 Å². The molecule has 1 aromatic rings. The standard InChI is InChI=1S/C26H31N3O10.CH4/c1-29-8-7-25-20-12-3-4-15(36-2)21(20)38-22(25)16(37-18(30)10-13(27)23(32)33)5-6-26(25,17(29)9-12)39-19(31)11-14(28)24(34)35;/h3-5,13-14,17,22H,6-11,27-28H2,1-2H3,(H,32,33)(H,34,35);1H4/t13-,14-,17+,22-,25-,26+;/m0./s1. The largest absolute Gasteiger partial charge is 0.493 e. The van der Waals surface area contributed by atoms with Crippen molar-refractivity contribution in [1.82, 2.24) is 4.90 Å². The number of benzene rings is 1. The average Bonchev–Trinajstić information content (AvgIpc) is 3.23. The van der Waals surface area contributed by atoms with E-state index >= 15 is 0 Å². The fraction of sp³-hybridized carbons (Fsp3) is 0.556. The van der Waals surface area contributed by atoms with Crippen molar-refractivity contribution in [2.75, 3.05) is 20.7 Å². The molecule has 13 heteroatoms. The van der Waals surface area contributed by atoms with Gasteiger partial charge in [0.1, 0.15) is 23.4 Å². The second-order valence-electron chi connectivity index (χ2n) is 10.5. The van der Waals surface area contributed by atoms with Crippen molar-refractivity contribution < 1.29 is 48.3 Å². The molecule has 6 N–H and O–H groups in total. The van der Waals surface area contributed by atoms with Gasteiger partial charge in [0.2, 0.25) is 0 Å². The second-order valence-corrected chi connectivity index (χ2v) is 10.5. The first kappa shape index (κ1) is 29.3. The Kier molecular flexibility index (Phi) is 7.60. The summed E-state index contributed by atoms with van der Waals surface area (Å²) in [5.41, 5.74) is 10.8. The van der Waals surface area contributed by atoms with E-state index in [0.717, 1.165) is 11.1 Å². The number of piperidine rings is 1. The summed E-state index contributed by atoms with van der Waals surface area (Å²) in [6.07, 6.45) is 0.762. The van der Waals surface area contributed by atoms with Crippen LogP contribution < -0.4 is 20.9 Å². The van der Waals surface area contributed by atoms with Crippen LogP contribution in [-0.2, 0) is 40.5 Å². The molecule has 5 rings (SSSR count). The van der Waals surface area contributed by atoms with Crippen molar-refractivity contribution in [3.8, 4) is 11.5 Å². The smallest absolute Gasteiger partial charge is 0.321 e. The van der Waals surface area contributed by atoms with E-state index in [9.17, 15) is 24.3 Å². The minimum absolute atomic E-state index is 0. The van der Waals surface area contributed by atoms with Gasteiger partial charge in [-0.05, 0) is 44.1 Å². The lowest BCUT2D eigenvalue weighted by molar-refractivity contribution is -0.206. The van der Waals surface area contributed by atoms with E-state index in [1.54, 1.807) is 12.1 Å². The predicted molar refractivity (Wildman–Crippen MR) is 139 cm³/mol. The van der Waals surface area contributed by atoms with E-state index < -0.39 is 65.9 Å². The van der Waals surface area contributed by atoms with Gasteiger partial charge in [0.15, 0.2) is 17.6 Å². The molecule has 2 aliphatic heterocycles. The molecule has 0 radical (unpaired) electrons. The van der Waals surface area contributed by atoms with Crippen molar-refractivity contribution in [2.24, 2.45) is 11.5 Å². The molecule has 0 aromatic heterocycles. The van der Waals surface area contributed by atoms with Gasteiger partial charge < -0.3 is 40.6 Å². The van der Waals surface area contributed by atoms with Gasteiger partial charge in [0, 0.05) is 12.0 Å². The summed E-state index contributed by atoms with van der Waals surface area (Å²) in [6, 6.07) is 0.570. The number of likely N-dealkylation sites (N-methyl/N-ethyl adjacent to an activating group) is 1. The van der Waals surface area contributed by atoms with Crippen LogP contribution in [0.3, 0.4) is 0 Å². The van der Waals surface area contributed by atoms with Crippen molar-refractivity contribution >= 4 is 23.9 Å². The lowest BCUT2D eigenvalue weighted by Gasteiger charge is -2.62. The van der Waals surface area contributed by atoms with Gasteiger partial charge in [0.25, 0.3) is 0 Å². The molecule has 2 heterocycles. The van der Waals surface area contributed by atoms with E-state index in [1.807, 2.05) is 13.1 Å². The van der Waals surface area contributed by atoms with Crippen molar-refractivity contribution in [1.29, 1.82) is 0 Å². The SMILES string of the molecule is C.COc1ccc2c3c1O[C@H]1C(OC(=O)C[C@H](N)C(=O)O)=CC[C@@]4(OC(=O)C[C@H](N)C(=O)O)[C@@H](C2)N(C)CC[C@]314. The number of nitrogens with zero attached hydrogens (tertiary/aromatic N) is 1. The molecule has 6 atom stereocenters. The number of nitrogens with two attached hydrogens (primary N) is 2. The predicted octanol–water partition coefficient (Wildman–Crippen LogP) is 0.307. The third-order valence-electron chi connectivity index (χ3n) is 8.45. The number of carboxylic acid groups (broad SMARTS) is 2. The fourth-order valence-corrected chi connectivity index (χ4v) is 6.71. The number of methoxy groups -OCH3 is 1. The maximum Gasteiger partial charge on any atom is 0.321 e. The van der Waals surface area contributed by atoms with Gasteiger partial charge in [0.05, 0.1) is 31.4 Å². The van der Waals surface area contributed by atoms with Crippen LogP contribution >= 0.6 is 0 Å². The zero-order valence-corrected chi connectivity index (χ0v) is 21.5. The Hall–Kier alpha value is -3.68. The van der Waals surface area contributed by atoms with Crippen molar-refractivity contribution in [2.45, 2.75) is 74.8 Å². The quantitative estimate of drug-likeness (QED) is 0.300. The van der Waals surface area contributed by atoms with Crippen LogP contribution in [0.1, 0.15) is 44.2 Å². The van der Waals surface area contributed by atoms with Crippen molar-refractivity contribution in [3.05, 3.63) is 35.1 Å². The van der Waals surface area contributed by atoms with Crippen LogP contribution in [0.2, 0.25) is 0 Å². The van der Waals surface area contributed by atoms with E-state index in [4.69, 9.17) is 35.5 Å². The van der Waals surface area contributed by atoms with Crippen LogP contribution in [0.15, 0.2) is 24.0 Å². The van der Waals surface area contributed by atoms with Gasteiger partial charge in [-0.15, -0.1) is 0 Å². The van der Waals surface area contributed by atoms with E-state index in [2.05, 4.69) is 4.90 Å². The summed E-state index contributed by atoms with van der Waals surface area (Å²) in [6.45, 7) is 0.611. The third kappa shape index (κ3) is 4.19. The van der Waals surface area contributed by atoms with Crippen molar-refractivity contribution in [3.63, 3.8) is 0 Å². The normalized spacial score (nSPS) is 28.9. The number of carbonyl (C=O) groups is 4. The van der Waals surface area contributed by atoms with Crippen LogP contribution in [-0.4, -0.2) is 89.5 Å². The molecule has 40 heavy (non-hydrogen) atoms. The molecule has 4 aliphatic rings. The highest BCUT2D eigenvalue weighted by molar-refractivity contribution is 5.83. The van der Waals surface area contributed by atoms with E-state index in [1.165, 1.54) is 7.11 Å². The highest BCUT2D eigenvalue weighted by atomic mass is 16.6. The van der Waals surface area contributed by atoms with Crippen LogP contribution in [0.4, 0.5) is 0 Å². The monoisotopic (exact) mass is 561 g/mol. The molecule has 2 aliphatic carbocycles. The molecular formula is C27H35N3O10. The number of hydrogen-bond donors (Lipinski definition) is 4. The second kappa shape index (κ2) is 10.4. The molecule has 1 aromatic carbocycles. The number of aliphatic carboxylic acids is 2. The van der Waals surface area contributed by atoms with Crippen LogP contribution in [0.25, 0.3) is 0 Å². The number of esters is 2. The number of hydrogen-bond acceptors (Lipinski definition) is 11. The van der Waals surface area contributed by atoms with E-state index in [0.29, 0.717) is 30.9 Å². The molecule has 1 fully saturated rings. The van der Waals surface area contributed by atoms with Gasteiger partial charge >= 0.3 is 23.9 Å². The minimum Gasteiger partial charge on any atom is -0.493 e. The lowest BCUT2D eigenvalue weighted by Crippen LogP contribution is -2.75. The molecule has 1 spiro atoms. The summed E-state index contributed by atoms with van der Waals surface area (Å²) in [4.78, 5) is 50.5. The minimum atomic E-state index is -1.44. The Balaban J connectivity index is 0.00000370. The van der Waals surface area contributed by atoms with Gasteiger partial charge in [-0.1, -0.05) is 13.5 Å². The number of carboxylic acids is 2. The molecule has 1 saturated heterocycles. The maximum absolute atomic E-state index is 13.2. The molecule has 0 amide bonds. The highest BCUT2D eigenvalue weighted by Crippen LogP contribution is 2.66. The number of carbonyl (C=O) groups excluding carboxylic acids is 2. The zero-order chi connectivity index (χ0) is 28.3. The first-order valence-electron chi connectivity index (χ1n) is 12.6. The molecule has 13 nitrogen and oxygen atoms in total. The Morgan fingerprint density at radius 3 is 2.40 bits per heavy atom. The summed E-state index contributed by atoms with van der Waals surface area (Å²) in [7, 11) is 3.44. The average molecular weight is 562 g/mol. The van der Waals surface area contributed by atoms with Crippen LogP contribution in [0, 0.1) is 0 Å². The summed E-state index contributed by atoms with van der Waals surface area (Å²) in [5, 5.41) is 18.4. The number of ether oxygens (including phenoxy) is 4. The fourth-order valence-electron chi connectivity index (χ4n) is 6.71. The number of rotatable bonds is 9. The third-order valence-corrected chi connectivity index (χ3v) is 8.45. The summed E-state index contributed by atoms with van der Waals surface area (Å²) < 4.78 is 24.0. The summed E-state index contributed by atoms with van der Waals surface area (Å²) in [5.74, 6) is -3.17. The zero-order valence-electron chi connectivity index (χ0n) is 21.5. The first-order chi connectivity index (χ1) is 18.4. The molecule has 218 valence electrons. The number of likely N-dealkylation sites (tertiary alicyclic amines) is 1. The topological polar surface area (TPSA) is 201 Å². The Morgan fingerprint density at radius 2 is 1.77 bits per heavy atom. The van der Waals surface area contributed by atoms with E-state index in [-0.39, 0.29) is 25.6 Å². The van der Waals surface area contributed by atoms with Gasteiger partial charge in [-0.2, -0.15) is 0 Å². The Morgan fingerprint density at radius 1 is 1.12 bits per heavy atom. The molecule has 0 saturated carbocycles.